The average Bonchev–Trinajstić information content (AvgIpc) is 2.35. The normalized spacial score (nSPS) is 10.5. The topological polar surface area (TPSA) is 84.1 Å². The molecular weight excluding hydrogens is 242 g/mol. The summed E-state index contributed by atoms with van der Waals surface area (Å²) in [5.74, 6) is 1.36. The number of nitrogens with one attached hydrogen (secondary N) is 1. The molecule has 0 spiro atoms. The molecule has 1 amide bonds. The molecule has 6 heteroatoms. The van der Waals surface area contributed by atoms with Crippen LogP contribution >= 0.6 is 0 Å². The molecule has 19 heavy (non-hydrogen) atoms. The van der Waals surface area contributed by atoms with Gasteiger partial charge >= 0.3 is 0 Å². The quantitative estimate of drug-likeness (QED) is 0.739. The van der Waals surface area contributed by atoms with E-state index in [1.807, 2.05) is 4.90 Å². The van der Waals surface area contributed by atoms with E-state index in [9.17, 15) is 4.79 Å². The third-order valence-electron chi connectivity index (χ3n) is 2.43. The van der Waals surface area contributed by atoms with Gasteiger partial charge in [0.1, 0.15) is 5.82 Å². The van der Waals surface area contributed by atoms with Crippen LogP contribution in [0.1, 0.15) is 27.2 Å². The Morgan fingerprint density at radius 2 is 2.26 bits per heavy atom. The monoisotopic (exact) mass is 265 g/mol. The van der Waals surface area contributed by atoms with Crippen LogP contribution in [0.2, 0.25) is 0 Å². The van der Waals surface area contributed by atoms with Crippen molar-refractivity contribution < 1.29 is 4.79 Å². The fourth-order valence-electron chi connectivity index (χ4n) is 1.72. The van der Waals surface area contributed by atoms with Gasteiger partial charge in [-0.15, -0.1) is 0 Å². The molecule has 6 nitrogen and oxygen atoms in total. The number of amides is 1. The van der Waals surface area contributed by atoms with Gasteiger partial charge in [-0.05, 0) is 18.4 Å². The Morgan fingerprint density at radius 1 is 1.53 bits per heavy atom. The van der Waals surface area contributed by atoms with Crippen LogP contribution in [0.3, 0.4) is 0 Å². The second kappa shape index (κ2) is 7.56. The molecule has 0 saturated heterocycles. The van der Waals surface area contributed by atoms with Gasteiger partial charge in [0.25, 0.3) is 0 Å². The minimum absolute atomic E-state index is 0.169. The summed E-state index contributed by atoms with van der Waals surface area (Å²) in [6.07, 6.45) is 2.69. The molecule has 1 aromatic rings. The zero-order chi connectivity index (χ0) is 14.3. The standard InChI is InChI=1S/C13H23N5O/c1-4-6-15-13-16-7-5-12(17-13)18(8-10(2)3)9-11(14)19/h5,7,10H,4,6,8-9H2,1-3H3,(H2,14,19)(H,15,16,17). The van der Waals surface area contributed by atoms with Gasteiger partial charge < -0.3 is 16.0 Å². The smallest absolute Gasteiger partial charge is 0.236 e. The van der Waals surface area contributed by atoms with Crippen LogP contribution < -0.4 is 16.0 Å². The number of primary amides is 1. The van der Waals surface area contributed by atoms with Crippen molar-refractivity contribution in [2.24, 2.45) is 11.7 Å². The minimum atomic E-state index is -0.359. The number of nitrogens with zero attached hydrogens (tertiary/aromatic N) is 3. The van der Waals surface area contributed by atoms with E-state index in [1.54, 1.807) is 12.3 Å². The Bertz CT molecular complexity index is 408. The highest BCUT2D eigenvalue weighted by Gasteiger charge is 2.13. The average molecular weight is 265 g/mol. The first-order valence-electron chi connectivity index (χ1n) is 6.63. The Balaban J connectivity index is 2.84. The molecule has 0 aromatic carbocycles. The maximum Gasteiger partial charge on any atom is 0.236 e. The van der Waals surface area contributed by atoms with Crippen molar-refractivity contribution in [1.82, 2.24) is 9.97 Å². The summed E-state index contributed by atoms with van der Waals surface area (Å²) in [4.78, 5) is 21.6. The first-order valence-corrected chi connectivity index (χ1v) is 6.63. The number of nitrogens with two attached hydrogens (primary N) is 1. The number of hydrogen-bond acceptors (Lipinski definition) is 5. The largest absolute Gasteiger partial charge is 0.368 e. The van der Waals surface area contributed by atoms with E-state index in [0.717, 1.165) is 25.3 Å². The summed E-state index contributed by atoms with van der Waals surface area (Å²) >= 11 is 0. The highest BCUT2D eigenvalue weighted by atomic mass is 16.1. The highest BCUT2D eigenvalue weighted by Crippen LogP contribution is 2.13. The molecule has 1 rings (SSSR count). The Hall–Kier alpha value is -1.85. The summed E-state index contributed by atoms with van der Waals surface area (Å²) < 4.78 is 0. The summed E-state index contributed by atoms with van der Waals surface area (Å²) in [5.41, 5.74) is 5.29. The Labute approximate surface area is 114 Å². The van der Waals surface area contributed by atoms with Crippen molar-refractivity contribution in [1.29, 1.82) is 0 Å². The van der Waals surface area contributed by atoms with Gasteiger partial charge in [-0.2, -0.15) is 4.98 Å². The van der Waals surface area contributed by atoms with Crippen molar-refractivity contribution in [2.75, 3.05) is 29.9 Å². The van der Waals surface area contributed by atoms with Gasteiger partial charge in [-0.3, -0.25) is 4.79 Å². The van der Waals surface area contributed by atoms with E-state index in [0.29, 0.717) is 11.9 Å². The molecule has 3 N–H and O–H groups in total. The number of rotatable bonds is 8. The lowest BCUT2D eigenvalue weighted by Gasteiger charge is -2.24. The Morgan fingerprint density at radius 3 is 2.84 bits per heavy atom. The molecule has 0 bridgehead atoms. The number of carbonyl (C=O) groups is 1. The lowest BCUT2D eigenvalue weighted by Crippen LogP contribution is -2.36. The molecule has 1 heterocycles. The number of aromatic nitrogens is 2. The molecule has 106 valence electrons. The van der Waals surface area contributed by atoms with Gasteiger partial charge in [0.2, 0.25) is 11.9 Å². The highest BCUT2D eigenvalue weighted by molar-refractivity contribution is 5.79. The van der Waals surface area contributed by atoms with Crippen molar-refractivity contribution in [3.05, 3.63) is 12.3 Å². The summed E-state index contributed by atoms with van der Waals surface area (Å²) in [6.45, 7) is 7.98. The second-order valence-electron chi connectivity index (χ2n) is 4.91. The molecule has 0 atom stereocenters. The van der Waals surface area contributed by atoms with Crippen LogP contribution in [0, 0.1) is 5.92 Å². The fraction of sp³-hybridized carbons (Fsp3) is 0.615. The van der Waals surface area contributed by atoms with E-state index in [1.165, 1.54) is 0 Å². The summed E-state index contributed by atoms with van der Waals surface area (Å²) in [5, 5.41) is 3.13. The van der Waals surface area contributed by atoms with E-state index in [-0.39, 0.29) is 12.5 Å². The van der Waals surface area contributed by atoms with Crippen molar-refractivity contribution in [2.45, 2.75) is 27.2 Å². The molecule has 0 aliphatic heterocycles. The number of hydrogen-bond donors (Lipinski definition) is 2. The molecule has 0 aliphatic rings. The first kappa shape index (κ1) is 15.2. The number of anilines is 2. The molecule has 0 unspecified atom stereocenters. The molecule has 0 saturated carbocycles. The lowest BCUT2D eigenvalue weighted by atomic mass is 10.2. The first-order chi connectivity index (χ1) is 9.02. The van der Waals surface area contributed by atoms with Crippen LogP contribution in [-0.2, 0) is 4.79 Å². The SMILES string of the molecule is CCCNc1nccc(N(CC(N)=O)CC(C)C)n1. The maximum atomic E-state index is 11.1. The second-order valence-corrected chi connectivity index (χ2v) is 4.91. The van der Waals surface area contributed by atoms with Gasteiger partial charge in [0.05, 0.1) is 6.54 Å². The third kappa shape index (κ3) is 5.54. The minimum Gasteiger partial charge on any atom is -0.368 e. The van der Waals surface area contributed by atoms with Crippen LogP contribution in [0.4, 0.5) is 11.8 Å². The van der Waals surface area contributed by atoms with Gasteiger partial charge in [-0.1, -0.05) is 20.8 Å². The third-order valence-corrected chi connectivity index (χ3v) is 2.43. The van der Waals surface area contributed by atoms with Crippen molar-refractivity contribution >= 4 is 17.7 Å². The van der Waals surface area contributed by atoms with Crippen LogP contribution in [0.15, 0.2) is 12.3 Å². The molecular formula is C13H23N5O. The fourth-order valence-corrected chi connectivity index (χ4v) is 1.72. The van der Waals surface area contributed by atoms with Gasteiger partial charge in [-0.25, -0.2) is 4.98 Å². The van der Waals surface area contributed by atoms with E-state index in [2.05, 4.69) is 36.1 Å². The van der Waals surface area contributed by atoms with E-state index < -0.39 is 0 Å². The van der Waals surface area contributed by atoms with Crippen molar-refractivity contribution in [3.63, 3.8) is 0 Å². The zero-order valence-corrected chi connectivity index (χ0v) is 11.9. The van der Waals surface area contributed by atoms with E-state index in [4.69, 9.17) is 5.73 Å². The predicted octanol–water partition coefficient (Wildman–Crippen LogP) is 1.25. The van der Waals surface area contributed by atoms with Crippen molar-refractivity contribution in [3.8, 4) is 0 Å². The number of carbonyl (C=O) groups excluding carboxylic acids is 1. The maximum absolute atomic E-state index is 11.1. The lowest BCUT2D eigenvalue weighted by molar-refractivity contribution is -0.116. The van der Waals surface area contributed by atoms with Gasteiger partial charge in [0.15, 0.2) is 0 Å². The van der Waals surface area contributed by atoms with E-state index >= 15 is 0 Å². The molecule has 0 fully saturated rings. The predicted molar refractivity (Wildman–Crippen MR) is 77.1 cm³/mol. The van der Waals surface area contributed by atoms with Crippen LogP contribution in [0.25, 0.3) is 0 Å². The van der Waals surface area contributed by atoms with Crippen LogP contribution in [0.5, 0.6) is 0 Å². The van der Waals surface area contributed by atoms with Gasteiger partial charge in [0, 0.05) is 19.3 Å². The zero-order valence-electron chi connectivity index (χ0n) is 11.9. The summed E-state index contributed by atoms with van der Waals surface area (Å²) in [7, 11) is 0. The van der Waals surface area contributed by atoms with Crippen LogP contribution in [-0.4, -0.2) is 35.5 Å². The Kier molecular flexibility index (Phi) is 6.05. The molecule has 1 aromatic heterocycles. The molecule has 0 aliphatic carbocycles. The summed E-state index contributed by atoms with van der Waals surface area (Å²) in [6, 6.07) is 1.79. The molecule has 0 radical (unpaired) electrons.